The highest BCUT2D eigenvalue weighted by Gasteiger charge is 2.19. The van der Waals surface area contributed by atoms with Crippen molar-refractivity contribution in [3.8, 4) is 0 Å². The zero-order chi connectivity index (χ0) is 24.8. The molecule has 0 spiro atoms. The molecule has 0 N–H and O–H groups in total. The quantitative estimate of drug-likeness (QED) is 0.331. The molecular weight excluding hydrogens is 426 g/mol. The van der Waals surface area contributed by atoms with E-state index in [-0.39, 0.29) is 11.2 Å². The van der Waals surface area contributed by atoms with Gasteiger partial charge in [0.1, 0.15) is 0 Å². The third kappa shape index (κ3) is 6.58. The molecule has 1 heterocycles. The van der Waals surface area contributed by atoms with E-state index in [1.165, 1.54) is 27.8 Å². The van der Waals surface area contributed by atoms with Crippen molar-refractivity contribution in [2.24, 2.45) is 0 Å². The minimum Gasteiger partial charge on any atom is -0.303 e. The van der Waals surface area contributed by atoms with E-state index in [0.29, 0.717) is 6.42 Å². The van der Waals surface area contributed by atoms with E-state index in [1.807, 2.05) is 12.1 Å². The van der Waals surface area contributed by atoms with Gasteiger partial charge in [-0.05, 0) is 60.4 Å². The topological polar surface area (TPSA) is 20.3 Å². The van der Waals surface area contributed by atoms with Gasteiger partial charge in [0.2, 0.25) is 0 Å². The fraction of sp³-hybridized carbons (Fsp3) is 0.364. The average Bonchev–Trinajstić information content (AvgIpc) is 2.86. The number of hydrogen-bond acceptors (Lipinski definition) is 2. The molecule has 35 heavy (non-hydrogen) atoms. The fourth-order valence-electron chi connectivity index (χ4n) is 4.96. The van der Waals surface area contributed by atoms with Crippen molar-refractivity contribution in [3.05, 3.63) is 112 Å². The Hall–Kier alpha value is -2.97. The van der Waals surface area contributed by atoms with Crippen LogP contribution >= 0.6 is 0 Å². The van der Waals surface area contributed by atoms with Crippen molar-refractivity contribution in [1.82, 2.24) is 4.90 Å². The number of carbonyl (C=O) groups is 1. The van der Waals surface area contributed by atoms with Crippen LogP contribution in [0.1, 0.15) is 79.1 Å². The van der Waals surface area contributed by atoms with Gasteiger partial charge in [0.05, 0.1) is 0 Å². The van der Waals surface area contributed by atoms with Crippen LogP contribution in [0.4, 0.5) is 0 Å². The van der Waals surface area contributed by atoms with Gasteiger partial charge in [0, 0.05) is 25.1 Å². The zero-order valence-electron chi connectivity index (χ0n) is 21.8. The summed E-state index contributed by atoms with van der Waals surface area (Å²) in [5.41, 5.74) is 9.09. The summed E-state index contributed by atoms with van der Waals surface area (Å²) >= 11 is 0. The Kier molecular flexibility index (Phi) is 8.03. The first-order valence-electron chi connectivity index (χ1n) is 13.0. The molecular formula is C33H39NO. The van der Waals surface area contributed by atoms with E-state index < -0.39 is 0 Å². The first-order chi connectivity index (χ1) is 16.8. The standard InChI is InChI=1S/C33H39NO/c1-25-12-14-28(15-13-25)32(27-9-6-5-7-10-27)29-20-23-34(24-21-29)22-8-11-31(35)26-16-18-30(19-17-26)33(2,3)4/h5-7,9-10,12-19H,8,11,20-24H2,1-4H3. The van der Waals surface area contributed by atoms with Crippen molar-refractivity contribution in [2.75, 3.05) is 19.6 Å². The summed E-state index contributed by atoms with van der Waals surface area (Å²) in [5.74, 6) is 0.258. The molecule has 1 aliphatic heterocycles. The molecule has 0 amide bonds. The molecule has 2 heteroatoms. The highest BCUT2D eigenvalue weighted by molar-refractivity contribution is 5.96. The molecule has 0 aliphatic carbocycles. The SMILES string of the molecule is Cc1ccc(C(=C2CCN(CCCC(=O)c3ccc(C(C)(C)C)cc3)CC2)c2ccccc2)cc1. The van der Waals surface area contributed by atoms with Crippen molar-refractivity contribution in [2.45, 2.75) is 58.8 Å². The Balaban J connectivity index is 1.35. The molecule has 0 bridgehead atoms. The van der Waals surface area contributed by atoms with Crippen molar-refractivity contribution >= 4 is 11.4 Å². The normalized spacial score (nSPS) is 14.7. The highest BCUT2D eigenvalue weighted by Crippen LogP contribution is 2.32. The van der Waals surface area contributed by atoms with Crippen LogP contribution in [0.25, 0.3) is 5.57 Å². The number of rotatable bonds is 7. The van der Waals surface area contributed by atoms with Crippen molar-refractivity contribution in [1.29, 1.82) is 0 Å². The van der Waals surface area contributed by atoms with Crippen LogP contribution in [0, 0.1) is 6.92 Å². The van der Waals surface area contributed by atoms with Gasteiger partial charge in [0.15, 0.2) is 5.78 Å². The second-order valence-electron chi connectivity index (χ2n) is 10.9. The Bertz CT molecular complexity index is 1140. The van der Waals surface area contributed by atoms with E-state index in [2.05, 4.69) is 99.3 Å². The second kappa shape index (κ2) is 11.2. The second-order valence-corrected chi connectivity index (χ2v) is 10.9. The molecule has 0 radical (unpaired) electrons. The summed E-state index contributed by atoms with van der Waals surface area (Å²) in [4.78, 5) is 15.2. The molecule has 2 nitrogen and oxygen atoms in total. The van der Waals surface area contributed by atoms with Gasteiger partial charge >= 0.3 is 0 Å². The molecule has 0 saturated carbocycles. The van der Waals surface area contributed by atoms with Gasteiger partial charge < -0.3 is 4.90 Å². The molecule has 0 aromatic heterocycles. The maximum atomic E-state index is 12.7. The zero-order valence-corrected chi connectivity index (χ0v) is 21.8. The van der Waals surface area contributed by atoms with Crippen LogP contribution in [0.2, 0.25) is 0 Å². The van der Waals surface area contributed by atoms with Crippen LogP contribution in [0.15, 0.2) is 84.4 Å². The largest absolute Gasteiger partial charge is 0.303 e. The monoisotopic (exact) mass is 465 g/mol. The minimum atomic E-state index is 0.114. The molecule has 1 aliphatic rings. The van der Waals surface area contributed by atoms with Crippen LogP contribution in [-0.4, -0.2) is 30.3 Å². The molecule has 3 aromatic rings. The lowest BCUT2D eigenvalue weighted by Gasteiger charge is -2.30. The summed E-state index contributed by atoms with van der Waals surface area (Å²) in [6, 6.07) is 27.9. The van der Waals surface area contributed by atoms with E-state index in [0.717, 1.165) is 44.5 Å². The highest BCUT2D eigenvalue weighted by atomic mass is 16.1. The van der Waals surface area contributed by atoms with Gasteiger partial charge in [-0.2, -0.15) is 0 Å². The minimum absolute atomic E-state index is 0.114. The smallest absolute Gasteiger partial charge is 0.162 e. The molecule has 0 unspecified atom stereocenters. The van der Waals surface area contributed by atoms with E-state index in [1.54, 1.807) is 5.57 Å². The van der Waals surface area contributed by atoms with Crippen LogP contribution < -0.4 is 0 Å². The lowest BCUT2D eigenvalue weighted by Crippen LogP contribution is -2.32. The maximum absolute atomic E-state index is 12.7. The molecule has 3 aromatic carbocycles. The lowest BCUT2D eigenvalue weighted by molar-refractivity contribution is 0.0974. The summed E-state index contributed by atoms with van der Waals surface area (Å²) in [6.07, 6.45) is 3.70. The van der Waals surface area contributed by atoms with E-state index >= 15 is 0 Å². The number of Topliss-reactive ketones (excluding diaryl/α,β-unsaturated/α-hetero) is 1. The number of carbonyl (C=O) groups excluding carboxylic acids is 1. The first kappa shape index (κ1) is 25.1. The summed E-state index contributed by atoms with van der Waals surface area (Å²) in [5, 5.41) is 0. The number of benzene rings is 3. The van der Waals surface area contributed by atoms with Crippen molar-refractivity contribution < 1.29 is 4.79 Å². The number of ketones is 1. The molecule has 4 rings (SSSR count). The molecule has 1 saturated heterocycles. The van der Waals surface area contributed by atoms with Crippen molar-refractivity contribution in [3.63, 3.8) is 0 Å². The third-order valence-electron chi connectivity index (χ3n) is 7.17. The van der Waals surface area contributed by atoms with Crippen LogP contribution in [0.3, 0.4) is 0 Å². The number of aryl methyl sites for hydroxylation is 1. The number of nitrogens with zero attached hydrogens (tertiary/aromatic N) is 1. The molecule has 182 valence electrons. The number of piperidine rings is 1. The van der Waals surface area contributed by atoms with Crippen LogP contribution in [0.5, 0.6) is 0 Å². The van der Waals surface area contributed by atoms with Gasteiger partial charge in [0.25, 0.3) is 0 Å². The Morgan fingerprint density at radius 3 is 1.94 bits per heavy atom. The summed E-state index contributed by atoms with van der Waals surface area (Å²) in [6.45, 7) is 11.9. The first-order valence-corrected chi connectivity index (χ1v) is 13.0. The predicted octanol–water partition coefficient (Wildman–Crippen LogP) is 7.85. The number of likely N-dealkylation sites (tertiary alicyclic amines) is 1. The average molecular weight is 466 g/mol. The summed E-state index contributed by atoms with van der Waals surface area (Å²) in [7, 11) is 0. The molecule has 0 atom stereocenters. The number of hydrogen-bond donors (Lipinski definition) is 0. The van der Waals surface area contributed by atoms with Gasteiger partial charge in [-0.3, -0.25) is 4.79 Å². The third-order valence-corrected chi connectivity index (χ3v) is 7.17. The Morgan fingerprint density at radius 1 is 0.771 bits per heavy atom. The molecule has 1 fully saturated rings. The van der Waals surface area contributed by atoms with Gasteiger partial charge in [-0.25, -0.2) is 0 Å². The van der Waals surface area contributed by atoms with Gasteiger partial charge in [-0.15, -0.1) is 0 Å². The van der Waals surface area contributed by atoms with E-state index in [4.69, 9.17) is 0 Å². The summed E-state index contributed by atoms with van der Waals surface area (Å²) < 4.78 is 0. The predicted molar refractivity (Wildman–Crippen MR) is 148 cm³/mol. The fourth-order valence-corrected chi connectivity index (χ4v) is 4.96. The van der Waals surface area contributed by atoms with E-state index in [9.17, 15) is 4.79 Å². The lowest BCUT2D eigenvalue weighted by atomic mass is 9.86. The maximum Gasteiger partial charge on any atom is 0.162 e. The van der Waals surface area contributed by atoms with Crippen LogP contribution in [-0.2, 0) is 5.41 Å². The van der Waals surface area contributed by atoms with Gasteiger partial charge in [-0.1, -0.05) is 111 Å². The Labute approximate surface area is 211 Å². The Morgan fingerprint density at radius 2 is 1.34 bits per heavy atom.